The van der Waals surface area contributed by atoms with Crippen molar-refractivity contribution in [3.63, 3.8) is 0 Å². The Balaban J connectivity index is 2.03. The fraction of sp³-hybridized carbons (Fsp3) is 0.400. The van der Waals surface area contributed by atoms with E-state index in [0.717, 1.165) is 5.56 Å². The Morgan fingerprint density at radius 3 is 2.29 bits per heavy atom. The van der Waals surface area contributed by atoms with E-state index in [2.05, 4.69) is 0 Å². The Bertz CT molecular complexity index is 1030. The third kappa shape index (κ3) is 3.26. The van der Waals surface area contributed by atoms with Crippen molar-refractivity contribution < 1.29 is 25.2 Å². The second kappa shape index (κ2) is 8.27. The Labute approximate surface area is 183 Å². The molecule has 1 fully saturated rings. The monoisotopic (exact) mass is 422 g/mol. The molecule has 0 radical (unpaired) electrons. The van der Waals surface area contributed by atoms with Crippen LogP contribution in [0.3, 0.4) is 0 Å². The molecule has 4 rings (SSSR count). The van der Waals surface area contributed by atoms with Gasteiger partial charge in [-0.05, 0) is 31.4 Å². The number of esters is 2. The highest BCUT2D eigenvalue weighted by Gasteiger charge is 2.76. The van der Waals surface area contributed by atoms with E-state index in [4.69, 9.17) is 19.2 Å². The van der Waals surface area contributed by atoms with Gasteiger partial charge in [0.1, 0.15) is 0 Å². The average molecular weight is 422 g/mol. The zero-order valence-corrected chi connectivity index (χ0v) is 17.9. The summed E-state index contributed by atoms with van der Waals surface area (Å²) in [7, 11) is 0. The number of benzene rings is 2. The number of ether oxygens (including phenoxy) is 3. The molecule has 0 N–H and O–H groups in total. The number of nitrogens with zero attached hydrogens (tertiary/aromatic N) is 1. The molecule has 1 heterocycles. The van der Waals surface area contributed by atoms with Crippen molar-refractivity contribution >= 4 is 17.7 Å². The Hall–Kier alpha value is -2.99. The summed E-state index contributed by atoms with van der Waals surface area (Å²) in [6.07, 6.45) is -2.18. The average Bonchev–Trinajstić information content (AvgIpc) is 3.17. The minimum Gasteiger partial charge on any atom is -0.465 e. The normalized spacial score (nSPS) is 31.6. The highest BCUT2D eigenvalue weighted by Crippen LogP contribution is 2.63. The summed E-state index contributed by atoms with van der Waals surface area (Å²) in [5, 5.41) is 0. The maximum atomic E-state index is 13.7. The van der Waals surface area contributed by atoms with Crippen LogP contribution in [0.1, 0.15) is 45.6 Å². The van der Waals surface area contributed by atoms with Crippen LogP contribution in [0.15, 0.2) is 65.7 Å². The van der Waals surface area contributed by atoms with Gasteiger partial charge in [0.2, 0.25) is 5.72 Å². The lowest BCUT2D eigenvalue weighted by molar-refractivity contribution is -0.178. The van der Waals surface area contributed by atoms with E-state index >= 15 is 0 Å². The highest BCUT2D eigenvalue weighted by molar-refractivity contribution is 6.18. The predicted octanol–water partition coefficient (Wildman–Crippen LogP) is 3.89. The van der Waals surface area contributed by atoms with Gasteiger partial charge in [-0.1, -0.05) is 60.7 Å². The lowest BCUT2D eigenvalue weighted by atomic mass is 9.75. The topological polar surface area (TPSA) is 74.2 Å². The summed E-state index contributed by atoms with van der Waals surface area (Å²) in [5.74, 6) is -1.84. The standard InChI is InChI=1S/C25H27NO5/c1-4-29-23(28)24-16-20(18-12-8-6-9-13-18)25(30-5-2,22(24)31-17(3)27)26-21(24)19-14-10-7-11-15-19/h6-15,20,22H,4-5,16H2,1-3H3/t20-,22?,24-,25-/m1/s1/i16D/t16-,20-,22?,24-,25-. The van der Waals surface area contributed by atoms with E-state index < -0.39 is 41.5 Å². The number of hydrogen-bond acceptors (Lipinski definition) is 6. The van der Waals surface area contributed by atoms with E-state index in [0.29, 0.717) is 11.3 Å². The summed E-state index contributed by atoms with van der Waals surface area (Å²) >= 11 is 0. The van der Waals surface area contributed by atoms with Crippen molar-refractivity contribution in [3.8, 4) is 0 Å². The van der Waals surface area contributed by atoms with Crippen LogP contribution >= 0.6 is 0 Å². The first-order chi connectivity index (χ1) is 15.4. The summed E-state index contributed by atoms with van der Waals surface area (Å²) in [5.41, 5.74) is -1.23. The first-order valence-electron chi connectivity index (χ1n) is 11.1. The molecule has 162 valence electrons. The zero-order valence-electron chi connectivity index (χ0n) is 18.9. The van der Waals surface area contributed by atoms with Crippen molar-refractivity contribution in [2.24, 2.45) is 10.4 Å². The lowest BCUT2D eigenvalue weighted by Crippen LogP contribution is -2.50. The number of rotatable bonds is 7. The molecule has 1 aliphatic heterocycles. The van der Waals surface area contributed by atoms with Crippen LogP contribution in [0.5, 0.6) is 0 Å². The minimum absolute atomic E-state index is 0.125. The summed E-state index contributed by atoms with van der Waals surface area (Å²) in [6.45, 7) is 5.20. The molecule has 1 saturated carbocycles. The van der Waals surface area contributed by atoms with Gasteiger partial charge in [-0.25, -0.2) is 4.99 Å². The van der Waals surface area contributed by atoms with Crippen molar-refractivity contribution in [1.82, 2.24) is 0 Å². The molecular formula is C25H27NO5. The van der Waals surface area contributed by atoms with Crippen LogP contribution in [-0.4, -0.2) is 42.7 Å². The van der Waals surface area contributed by atoms with E-state index in [1.165, 1.54) is 6.92 Å². The third-order valence-electron chi connectivity index (χ3n) is 5.82. The molecule has 2 bridgehead atoms. The molecule has 6 nitrogen and oxygen atoms in total. The number of carbonyl (C=O) groups excluding carboxylic acids is 2. The molecule has 0 saturated heterocycles. The number of hydrogen-bond donors (Lipinski definition) is 0. The maximum Gasteiger partial charge on any atom is 0.322 e. The highest BCUT2D eigenvalue weighted by atomic mass is 16.6. The predicted molar refractivity (Wildman–Crippen MR) is 116 cm³/mol. The van der Waals surface area contributed by atoms with Crippen LogP contribution in [-0.2, 0) is 23.8 Å². The van der Waals surface area contributed by atoms with E-state index in [1.54, 1.807) is 6.92 Å². The SMILES string of the molecule is [2H][C@@H]1[C@H](c2ccccc2)[C@]2(OCC)N=C(c3ccccc3)[C@@]1(C(=O)OCC)C2OC(C)=O. The fourth-order valence-electron chi connectivity index (χ4n) is 4.75. The second-order valence-electron chi connectivity index (χ2n) is 7.65. The van der Waals surface area contributed by atoms with Gasteiger partial charge < -0.3 is 14.2 Å². The largest absolute Gasteiger partial charge is 0.465 e. The van der Waals surface area contributed by atoms with Gasteiger partial charge in [0.05, 0.1) is 12.3 Å². The first kappa shape index (κ1) is 19.9. The fourth-order valence-corrected chi connectivity index (χ4v) is 4.75. The molecule has 2 aromatic rings. The molecule has 2 aliphatic rings. The van der Waals surface area contributed by atoms with Crippen molar-refractivity contribution in [3.05, 3.63) is 71.8 Å². The maximum absolute atomic E-state index is 13.7. The van der Waals surface area contributed by atoms with E-state index in [1.807, 2.05) is 67.6 Å². The van der Waals surface area contributed by atoms with Gasteiger partial charge >= 0.3 is 11.9 Å². The minimum atomic E-state index is -1.63. The van der Waals surface area contributed by atoms with Gasteiger partial charge in [-0.2, -0.15) is 0 Å². The van der Waals surface area contributed by atoms with Crippen molar-refractivity contribution in [2.45, 2.75) is 44.9 Å². The van der Waals surface area contributed by atoms with E-state index in [-0.39, 0.29) is 13.2 Å². The molecule has 5 atom stereocenters. The quantitative estimate of drug-likeness (QED) is 0.633. The van der Waals surface area contributed by atoms with Crippen molar-refractivity contribution in [1.29, 1.82) is 0 Å². The van der Waals surface area contributed by atoms with Crippen LogP contribution < -0.4 is 0 Å². The van der Waals surface area contributed by atoms with Gasteiger partial charge in [-0.15, -0.1) is 0 Å². The van der Waals surface area contributed by atoms with Gasteiger partial charge in [0.25, 0.3) is 0 Å². The molecular weight excluding hydrogens is 394 g/mol. The van der Waals surface area contributed by atoms with Crippen LogP contribution in [0.25, 0.3) is 0 Å². The zero-order chi connectivity index (χ0) is 22.9. The van der Waals surface area contributed by atoms with Gasteiger partial charge in [0.15, 0.2) is 11.5 Å². The molecule has 0 aromatic heterocycles. The second-order valence-corrected chi connectivity index (χ2v) is 7.65. The lowest BCUT2D eigenvalue weighted by Gasteiger charge is -2.34. The molecule has 0 spiro atoms. The van der Waals surface area contributed by atoms with Gasteiger partial charge in [0, 0.05) is 20.8 Å². The number of aliphatic imine (C=N–C) groups is 1. The third-order valence-corrected chi connectivity index (χ3v) is 5.82. The molecule has 31 heavy (non-hydrogen) atoms. The Morgan fingerprint density at radius 1 is 1.06 bits per heavy atom. The molecule has 1 unspecified atom stereocenters. The van der Waals surface area contributed by atoms with Crippen molar-refractivity contribution in [2.75, 3.05) is 13.2 Å². The summed E-state index contributed by atoms with van der Waals surface area (Å²) in [4.78, 5) is 30.9. The summed E-state index contributed by atoms with van der Waals surface area (Å²) in [6, 6.07) is 18.6. The number of carbonyl (C=O) groups is 2. The molecule has 2 aromatic carbocycles. The van der Waals surface area contributed by atoms with Gasteiger partial charge in [-0.3, -0.25) is 9.59 Å². The Morgan fingerprint density at radius 2 is 1.71 bits per heavy atom. The summed E-state index contributed by atoms with van der Waals surface area (Å²) < 4.78 is 26.9. The number of fused-ring (bicyclic) bond motifs is 2. The molecule has 6 heteroatoms. The van der Waals surface area contributed by atoms with Crippen LogP contribution in [0.4, 0.5) is 0 Å². The van der Waals surface area contributed by atoms with Crippen LogP contribution in [0, 0.1) is 5.41 Å². The molecule has 1 aliphatic carbocycles. The smallest absolute Gasteiger partial charge is 0.322 e. The van der Waals surface area contributed by atoms with E-state index in [9.17, 15) is 11.0 Å². The van der Waals surface area contributed by atoms with Crippen LogP contribution in [0.2, 0.25) is 0 Å². The first-order valence-corrected chi connectivity index (χ1v) is 10.5. The Kier molecular flexibility index (Phi) is 5.32. The molecule has 0 amide bonds.